The molecule has 2 rings (SSSR count). The summed E-state index contributed by atoms with van der Waals surface area (Å²) in [7, 11) is 0. The average Bonchev–Trinajstić information content (AvgIpc) is 2.65. The van der Waals surface area contributed by atoms with Gasteiger partial charge in [0.05, 0.1) is 6.04 Å². The minimum Gasteiger partial charge on any atom is -0.405 e. The van der Waals surface area contributed by atoms with Gasteiger partial charge in [0.2, 0.25) is 5.90 Å². The Morgan fingerprint density at radius 3 is 2.53 bits per heavy atom. The number of esters is 1. The minimum absolute atomic E-state index is 0.00301. The van der Waals surface area contributed by atoms with E-state index in [1.807, 2.05) is 37.3 Å². The summed E-state index contributed by atoms with van der Waals surface area (Å²) in [6.07, 6.45) is 2.96. The third-order valence-electron chi connectivity index (χ3n) is 2.17. The van der Waals surface area contributed by atoms with E-state index in [1.54, 1.807) is 6.08 Å². The molecule has 0 aliphatic carbocycles. The molecule has 3 nitrogen and oxygen atoms in total. The highest BCUT2D eigenvalue weighted by molar-refractivity contribution is 6.07. The van der Waals surface area contributed by atoms with Crippen LogP contribution in [0.3, 0.4) is 0 Å². The molecule has 1 aliphatic rings. The van der Waals surface area contributed by atoms with Gasteiger partial charge in [-0.2, -0.15) is 0 Å². The number of benzene rings is 1. The van der Waals surface area contributed by atoms with Gasteiger partial charge in [0, 0.05) is 12.2 Å². The van der Waals surface area contributed by atoms with Gasteiger partial charge < -0.3 is 4.74 Å². The summed E-state index contributed by atoms with van der Waals surface area (Å²) in [6.45, 7) is 1.96. The summed E-state index contributed by atoms with van der Waals surface area (Å²) in [5.41, 5.74) is 1.10. The number of carbonyl (C=O) groups is 1. The van der Waals surface area contributed by atoms with Crippen LogP contribution in [0.25, 0.3) is 0 Å². The molecule has 0 spiro atoms. The lowest BCUT2D eigenvalue weighted by molar-refractivity contribution is -0.129. The zero-order valence-corrected chi connectivity index (χ0v) is 8.38. The maximum absolute atomic E-state index is 10.8. The molecule has 1 aromatic rings. The van der Waals surface area contributed by atoms with Crippen molar-refractivity contribution in [3.63, 3.8) is 0 Å². The zero-order valence-electron chi connectivity index (χ0n) is 8.38. The van der Waals surface area contributed by atoms with Crippen LogP contribution in [0.1, 0.15) is 18.5 Å². The average molecular weight is 201 g/mol. The lowest BCUT2D eigenvalue weighted by Gasteiger charge is -2.06. The van der Waals surface area contributed by atoms with Crippen LogP contribution < -0.4 is 0 Å². The third kappa shape index (κ3) is 2.31. The number of rotatable bonds is 2. The van der Waals surface area contributed by atoms with Gasteiger partial charge in [0.25, 0.3) is 0 Å². The number of nitrogens with zero attached hydrogens (tertiary/aromatic N) is 1. The highest BCUT2D eigenvalue weighted by Crippen LogP contribution is 2.17. The quantitative estimate of drug-likeness (QED) is 0.688. The first-order chi connectivity index (χ1) is 7.25. The Morgan fingerprint density at radius 2 is 1.93 bits per heavy atom. The predicted molar refractivity (Wildman–Crippen MR) is 57.5 cm³/mol. The molecular weight excluding hydrogens is 190 g/mol. The molecule has 0 bridgehead atoms. The molecule has 0 radical (unpaired) electrons. The molecule has 0 N–H and O–H groups in total. The molecule has 3 heteroatoms. The number of ether oxygens (including phenoxy) is 1. The number of hydrogen-bond acceptors (Lipinski definition) is 3. The fourth-order valence-electron chi connectivity index (χ4n) is 1.38. The maximum atomic E-state index is 10.8. The van der Waals surface area contributed by atoms with Gasteiger partial charge in [-0.05, 0) is 12.5 Å². The lowest BCUT2D eigenvalue weighted by atomic mass is 10.1. The highest BCUT2D eigenvalue weighted by Gasteiger charge is 2.12. The van der Waals surface area contributed by atoms with Crippen molar-refractivity contribution in [3.8, 4) is 0 Å². The summed E-state index contributed by atoms with van der Waals surface area (Å²) < 4.78 is 4.85. The predicted octanol–water partition coefficient (Wildman–Crippen LogP) is 2.26. The van der Waals surface area contributed by atoms with Crippen LogP contribution in [0.4, 0.5) is 0 Å². The van der Waals surface area contributed by atoms with Gasteiger partial charge in [-0.25, -0.2) is 9.79 Å². The Labute approximate surface area is 88.1 Å². The molecular formula is C12H11NO2. The van der Waals surface area contributed by atoms with E-state index < -0.39 is 0 Å². The topological polar surface area (TPSA) is 38.7 Å². The molecule has 76 valence electrons. The van der Waals surface area contributed by atoms with E-state index in [4.69, 9.17) is 4.74 Å². The standard InChI is InChI=1S/C12H11NO2/c1-9(10-5-3-2-4-6-10)13-11-7-8-12(14)15-11/h2-9H,1H3/t9-/m0/s1. The fraction of sp³-hybridized carbons (Fsp3) is 0.167. The summed E-state index contributed by atoms with van der Waals surface area (Å²) in [5.74, 6) is 0.0327. The first kappa shape index (κ1) is 9.65. The number of aliphatic imine (C=N–C) groups is 1. The molecule has 0 saturated carbocycles. The lowest BCUT2D eigenvalue weighted by Crippen LogP contribution is -2.01. The second-order valence-electron chi connectivity index (χ2n) is 3.31. The van der Waals surface area contributed by atoms with Crippen LogP contribution in [0.5, 0.6) is 0 Å². The van der Waals surface area contributed by atoms with Gasteiger partial charge in [0.1, 0.15) is 0 Å². The van der Waals surface area contributed by atoms with Crippen molar-refractivity contribution < 1.29 is 9.53 Å². The number of hydrogen-bond donors (Lipinski definition) is 0. The highest BCUT2D eigenvalue weighted by atomic mass is 16.5. The van der Waals surface area contributed by atoms with Crippen LogP contribution >= 0.6 is 0 Å². The van der Waals surface area contributed by atoms with Crippen molar-refractivity contribution in [3.05, 3.63) is 48.0 Å². The molecule has 1 aromatic carbocycles. The Kier molecular flexibility index (Phi) is 2.63. The van der Waals surface area contributed by atoms with Crippen molar-refractivity contribution in [2.45, 2.75) is 13.0 Å². The normalized spacial score (nSPS) is 19.3. The first-order valence-electron chi connectivity index (χ1n) is 4.78. The molecule has 0 saturated heterocycles. The van der Waals surface area contributed by atoms with E-state index in [-0.39, 0.29) is 12.0 Å². The second kappa shape index (κ2) is 4.09. The smallest absolute Gasteiger partial charge is 0.337 e. The summed E-state index contributed by atoms with van der Waals surface area (Å²) in [4.78, 5) is 15.1. The summed E-state index contributed by atoms with van der Waals surface area (Å²) in [5, 5.41) is 0. The molecule has 15 heavy (non-hydrogen) atoms. The van der Waals surface area contributed by atoms with Crippen molar-refractivity contribution in [2.24, 2.45) is 4.99 Å². The third-order valence-corrected chi connectivity index (χ3v) is 2.17. The van der Waals surface area contributed by atoms with Crippen LogP contribution in [0.2, 0.25) is 0 Å². The van der Waals surface area contributed by atoms with E-state index in [0.29, 0.717) is 5.90 Å². The van der Waals surface area contributed by atoms with E-state index in [0.717, 1.165) is 5.56 Å². The SMILES string of the molecule is C[C@H](N=C1C=CC(=O)O1)c1ccccc1. The molecule has 0 unspecified atom stereocenters. The summed E-state index contributed by atoms with van der Waals surface area (Å²) >= 11 is 0. The minimum atomic E-state index is -0.353. The first-order valence-corrected chi connectivity index (χ1v) is 4.78. The number of cyclic esters (lactones) is 1. The fourth-order valence-corrected chi connectivity index (χ4v) is 1.38. The van der Waals surface area contributed by atoms with E-state index in [2.05, 4.69) is 4.99 Å². The molecule has 1 atom stereocenters. The van der Waals surface area contributed by atoms with Crippen molar-refractivity contribution in [1.82, 2.24) is 0 Å². The molecule has 0 aromatic heterocycles. The van der Waals surface area contributed by atoms with Gasteiger partial charge in [-0.3, -0.25) is 0 Å². The van der Waals surface area contributed by atoms with Gasteiger partial charge in [0.15, 0.2) is 0 Å². The van der Waals surface area contributed by atoms with Crippen molar-refractivity contribution in [2.75, 3.05) is 0 Å². The Morgan fingerprint density at radius 1 is 1.20 bits per heavy atom. The van der Waals surface area contributed by atoms with E-state index >= 15 is 0 Å². The van der Waals surface area contributed by atoms with Gasteiger partial charge in [-0.15, -0.1) is 0 Å². The second-order valence-corrected chi connectivity index (χ2v) is 3.31. The van der Waals surface area contributed by atoms with Crippen molar-refractivity contribution in [1.29, 1.82) is 0 Å². The van der Waals surface area contributed by atoms with Crippen molar-refractivity contribution >= 4 is 11.9 Å². The number of carbonyl (C=O) groups excluding carboxylic acids is 1. The molecule has 0 fully saturated rings. The Balaban J connectivity index is 2.14. The zero-order chi connectivity index (χ0) is 10.7. The Hall–Kier alpha value is -1.90. The van der Waals surface area contributed by atoms with E-state index in [9.17, 15) is 4.79 Å². The monoisotopic (exact) mass is 201 g/mol. The molecule has 1 aliphatic heterocycles. The molecule has 0 amide bonds. The van der Waals surface area contributed by atoms with E-state index in [1.165, 1.54) is 6.08 Å². The van der Waals surface area contributed by atoms with Gasteiger partial charge >= 0.3 is 5.97 Å². The largest absolute Gasteiger partial charge is 0.405 e. The molecule has 1 heterocycles. The van der Waals surface area contributed by atoms with Crippen LogP contribution in [0.15, 0.2) is 47.5 Å². The van der Waals surface area contributed by atoms with Crippen LogP contribution in [0, 0.1) is 0 Å². The van der Waals surface area contributed by atoms with Gasteiger partial charge in [-0.1, -0.05) is 30.3 Å². The van der Waals surface area contributed by atoms with Crippen LogP contribution in [-0.2, 0) is 9.53 Å². The van der Waals surface area contributed by atoms with Crippen LogP contribution in [-0.4, -0.2) is 11.9 Å². The maximum Gasteiger partial charge on any atom is 0.337 e. The Bertz CT molecular complexity index is 421. The summed E-state index contributed by atoms with van der Waals surface area (Å²) in [6, 6.07) is 9.87.